The highest BCUT2D eigenvalue weighted by Crippen LogP contribution is 2.21. The van der Waals surface area contributed by atoms with E-state index >= 15 is 0 Å². The largest absolute Gasteiger partial charge is 0.378 e. The van der Waals surface area contributed by atoms with Gasteiger partial charge in [-0.1, -0.05) is 25.0 Å². The van der Waals surface area contributed by atoms with E-state index in [9.17, 15) is 13.2 Å². The second-order valence-electron chi connectivity index (χ2n) is 6.66. The Kier molecular flexibility index (Phi) is 6.45. The molecule has 0 aliphatic carbocycles. The van der Waals surface area contributed by atoms with Gasteiger partial charge < -0.3 is 9.64 Å². The maximum absolute atomic E-state index is 12.8. The minimum Gasteiger partial charge on any atom is -0.378 e. The van der Waals surface area contributed by atoms with Crippen LogP contribution in [0.5, 0.6) is 0 Å². The predicted octanol–water partition coefficient (Wildman–Crippen LogP) is 2.12. The fraction of sp³-hybridized carbons (Fsp3) is 0.526. The van der Waals surface area contributed by atoms with E-state index in [1.807, 2.05) is 0 Å². The Morgan fingerprint density at radius 1 is 0.923 bits per heavy atom. The molecule has 2 fully saturated rings. The van der Waals surface area contributed by atoms with E-state index in [1.54, 1.807) is 39.5 Å². The zero-order chi connectivity index (χ0) is 18.4. The van der Waals surface area contributed by atoms with Crippen LogP contribution in [0, 0.1) is 0 Å². The zero-order valence-corrected chi connectivity index (χ0v) is 15.8. The Labute approximate surface area is 155 Å². The molecule has 1 aromatic rings. The van der Waals surface area contributed by atoms with Crippen LogP contribution < -0.4 is 0 Å². The predicted molar refractivity (Wildman–Crippen MR) is 100 cm³/mol. The van der Waals surface area contributed by atoms with Gasteiger partial charge in [0.15, 0.2) is 0 Å². The normalized spacial score (nSPS) is 20.2. The molecule has 2 heterocycles. The molecule has 26 heavy (non-hydrogen) atoms. The average Bonchev–Trinajstić information content (AvgIpc) is 2.97. The summed E-state index contributed by atoms with van der Waals surface area (Å²) < 4.78 is 32.3. The van der Waals surface area contributed by atoms with Crippen LogP contribution in [0.4, 0.5) is 0 Å². The number of carbonyl (C=O) groups is 1. The summed E-state index contributed by atoms with van der Waals surface area (Å²) in [4.78, 5) is 14.2. The fourth-order valence-electron chi connectivity index (χ4n) is 3.24. The van der Waals surface area contributed by atoms with Crippen LogP contribution in [0.3, 0.4) is 0 Å². The highest BCUT2D eigenvalue weighted by molar-refractivity contribution is 7.89. The van der Waals surface area contributed by atoms with Crippen molar-refractivity contribution in [2.45, 2.75) is 30.6 Å². The van der Waals surface area contributed by atoms with Crippen molar-refractivity contribution in [2.24, 2.45) is 0 Å². The van der Waals surface area contributed by atoms with Crippen LogP contribution in [-0.4, -0.2) is 62.9 Å². The van der Waals surface area contributed by atoms with Crippen LogP contribution >= 0.6 is 0 Å². The van der Waals surface area contributed by atoms with Gasteiger partial charge in [0, 0.05) is 32.3 Å². The summed E-state index contributed by atoms with van der Waals surface area (Å²) in [7, 11) is -3.43. The minimum absolute atomic E-state index is 0.0467. The maximum Gasteiger partial charge on any atom is 0.246 e. The number of sulfonamides is 1. The lowest BCUT2D eigenvalue weighted by Crippen LogP contribution is -2.39. The molecule has 0 aromatic heterocycles. The van der Waals surface area contributed by atoms with Gasteiger partial charge in [0.05, 0.1) is 18.1 Å². The quantitative estimate of drug-likeness (QED) is 0.753. The number of carbonyl (C=O) groups excluding carboxylic acids is 1. The molecule has 7 heteroatoms. The summed E-state index contributed by atoms with van der Waals surface area (Å²) in [5, 5.41) is 0. The van der Waals surface area contributed by atoms with E-state index in [0.717, 1.165) is 31.2 Å². The third kappa shape index (κ3) is 4.72. The summed E-state index contributed by atoms with van der Waals surface area (Å²) in [5.41, 5.74) is 0.807. The fourth-order valence-corrected chi connectivity index (χ4v) is 4.76. The van der Waals surface area contributed by atoms with Crippen molar-refractivity contribution >= 4 is 22.0 Å². The van der Waals surface area contributed by atoms with Crippen molar-refractivity contribution in [1.29, 1.82) is 0 Å². The second-order valence-corrected chi connectivity index (χ2v) is 8.60. The number of morpholine rings is 1. The molecule has 0 unspecified atom stereocenters. The summed E-state index contributed by atoms with van der Waals surface area (Å²) in [6, 6.07) is 6.74. The molecule has 0 radical (unpaired) electrons. The molecule has 6 nitrogen and oxygen atoms in total. The van der Waals surface area contributed by atoms with Crippen LogP contribution in [0.25, 0.3) is 6.08 Å². The zero-order valence-electron chi connectivity index (χ0n) is 15.0. The van der Waals surface area contributed by atoms with Crippen molar-refractivity contribution in [2.75, 3.05) is 39.4 Å². The van der Waals surface area contributed by atoms with Crippen molar-refractivity contribution in [3.05, 3.63) is 35.9 Å². The van der Waals surface area contributed by atoms with Gasteiger partial charge in [0.25, 0.3) is 0 Å². The molecule has 0 N–H and O–H groups in total. The summed E-state index contributed by atoms with van der Waals surface area (Å²) in [5.74, 6) is -0.0467. The molecule has 0 saturated carbocycles. The van der Waals surface area contributed by atoms with Crippen molar-refractivity contribution in [3.63, 3.8) is 0 Å². The molecule has 0 atom stereocenters. The molecule has 0 bridgehead atoms. The number of amides is 1. The van der Waals surface area contributed by atoms with E-state index < -0.39 is 10.0 Å². The van der Waals surface area contributed by atoms with Gasteiger partial charge in [-0.05, 0) is 36.6 Å². The van der Waals surface area contributed by atoms with Gasteiger partial charge >= 0.3 is 0 Å². The first kappa shape index (κ1) is 19.1. The number of hydrogen-bond acceptors (Lipinski definition) is 4. The number of nitrogens with zero attached hydrogens (tertiary/aromatic N) is 2. The van der Waals surface area contributed by atoms with E-state index in [0.29, 0.717) is 44.3 Å². The van der Waals surface area contributed by atoms with E-state index in [-0.39, 0.29) is 5.91 Å². The topological polar surface area (TPSA) is 66.9 Å². The van der Waals surface area contributed by atoms with Gasteiger partial charge in [0.1, 0.15) is 0 Å². The van der Waals surface area contributed by atoms with Gasteiger partial charge in [-0.3, -0.25) is 4.79 Å². The monoisotopic (exact) mass is 378 g/mol. The third-order valence-corrected chi connectivity index (χ3v) is 6.74. The molecular formula is C19H26N2O4S. The van der Waals surface area contributed by atoms with Gasteiger partial charge in [-0.2, -0.15) is 4.31 Å². The van der Waals surface area contributed by atoms with Crippen molar-refractivity contribution < 1.29 is 17.9 Å². The lowest BCUT2D eigenvalue weighted by Gasteiger charge is -2.25. The van der Waals surface area contributed by atoms with Gasteiger partial charge in [0.2, 0.25) is 15.9 Å². The highest BCUT2D eigenvalue weighted by Gasteiger charge is 2.24. The number of ether oxygens (including phenoxy) is 1. The molecule has 142 valence electrons. The van der Waals surface area contributed by atoms with Crippen LogP contribution in [0.15, 0.2) is 35.2 Å². The Morgan fingerprint density at radius 3 is 2.15 bits per heavy atom. The van der Waals surface area contributed by atoms with Crippen molar-refractivity contribution in [1.82, 2.24) is 9.21 Å². The molecule has 1 amide bonds. The molecule has 3 rings (SSSR count). The highest BCUT2D eigenvalue weighted by atomic mass is 32.2. The van der Waals surface area contributed by atoms with Crippen LogP contribution in [0.2, 0.25) is 0 Å². The molecule has 2 aliphatic rings. The first-order valence-electron chi connectivity index (χ1n) is 9.22. The summed E-state index contributed by atoms with van der Waals surface area (Å²) in [6.07, 6.45) is 7.27. The number of hydrogen-bond donors (Lipinski definition) is 0. The third-order valence-electron chi connectivity index (χ3n) is 4.82. The Balaban J connectivity index is 1.65. The Morgan fingerprint density at radius 2 is 1.54 bits per heavy atom. The van der Waals surface area contributed by atoms with E-state index in [2.05, 4.69) is 0 Å². The van der Waals surface area contributed by atoms with Crippen LogP contribution in [-0.2, 0) is 19.6 Å². The SMILES string of the molecule is O=C(/C=C/c1ccc(S(=O)(=O)N2CCCCCC2)cc1)N1CCOCC1. The second kappa shape index (κ2) is 8.79. The average molecular weight is 378 g/mol. The summed E-state index contributed by atoms with van der Waals surface area (Å²) >= 11 is 0. The molecule has 2 saturated heterocycles. The first-order valence-corrected chi connectivity index (χ1v) is 10.7. The first-order chi connectivity index (χ1) is 12.6. The van der Waals surface area contributed by atoms with E-state index in [1.165, 1.54) is 6.08 Å². The van der Waals surface area contributed by atoms with E-state index in [4.69, 9.17) is 4.74 Å². The molecular weight excluding hydrogens is 352 g/mol. The lowest BCUT2D eigenvalue weighted by molar-refractivity contribution is -0.129. The Hall–Kier alpha value is -1.70. The maximum atomic E-state index is 12.8. The number of benzene rings is 1. The molecule has 1 aromatic carbocycles. The molecule has 2 aliphatic heterocycles. The van der Waals surface area contributed by atoms with Gasteiger partial charge in [-0.15, -0.1) is 0 Å². The van der Waals surface area contributed by atoms with Crippen LogP contribution in [0.1, 0.15) is 31.2 Å². The standard InChI is InChI=1S/C19H26N2O4S/c22-19(20-13-15-25-16-14-20)10-7-17-5-8-18(9-6-17)26(23,24)21-11-3-1-2-4-12-21/h5-10H,1-4,11-16H2/b10-7+. The Bertz CT molecular complexity index is 729. The molecule has 0 spiro atoms. The summed E-state index contributed by atoms with van der Waals surface area (Å²) in [6.45, 7) is 3.55. The smallest absolute Gasteiger partial charge is 0.246 e. The number of rotatable bonds is 4. The van der Waals surface area contributed by atoms with Crippen molar-refractivity contribution in [3.8, 4) is 0 Å². The lowest BCUT2D eigenvalue weighted by atomic mass is 10.2. The minimum atomic E-state index is -3.43. The van der Waals surface area contributed by atoms with Gasteiger partial charge in [-0.25, -0.2) is 8.42 Å².